The molecule has 1 aromatic rings. The van der Waals surface area contributed by atoms with Crippen LogP contribution in [-0.2, 0) is 15.8 Å². The number of anilines is 1. The minimum absolute atomic E-state index is 0.0299. The van der Waals surface area contributed by atoms with Gasteiger partial charge in [-0.2, -0.15) is 0 Å². The van der Waals surface area contributed by atoms with E-state index in [4.69, 9.17) is 5.73 Å². The maximum absolute atomic E-state index is 12.2. The van der Waals surface area contributed by atoms with E-state index in [1.165, 1.54) is 12.8 Å². The highest BCUT2D eigenvalue weighted by Crippen LogP contribution is 2.28. The molecule has 1 aliphatic rings. The van der Waals surface area contributed by atoms with E-state index in [-0.39, 0.29) is 11.8 Å². The third-order valence-electron chi connectivity index (χ3n) is 4.23. The van der Waals surface area contributed by atoms with Gasteiger partial charge in [0.25, 0.3) is 0 Å². The van der Waals surface area contributed by atoms with Gasteiger partial charge in [-0.05, 0) is 49.3 Å². The van der Waals surface area contributed by atoms with Gasteiger partial charge in [0, 0.05) is 11.7 Å². The van der Waals surface area contributed by atoms with Gasteiger partial charge in [0.05, 0.1) is 5.75 Å². The molecule has 1 fully saturated rings. The summed E-state index contributed by atoms with van der Waals surface area (Å²) in [6.07, 6.45) is 6.70. The smallest absolute Gasteiger partial charge is 0.216 e. The third-order valence-corrected chi connectivity index (χ3v) is 5.63. The fourth-order valence-corrected chi connectivity index (χ4v) is 4.56. The molecule has 3 N–H and O–H groups in total. The molecule has 0 atom stereocenters. The first-order valence-electron chi connectivity index (χ1n) is 7.83. The molecule has 0 aromatic heterocycles. The second-order valence-corrected chi connectivity index (χ2v) is 7.88. The normalized spacial score (nSPS) is 23.1. The number of hydrogen-bond acceptors (Lipinski definition) is 3. The molecule has 118 valence electrons. The van der Waals surface area contributed by atoms with Crippen LogP contribution in [0.1, 0.15) is 51.0 Å². The average molecular weight is 310 g/mol. The molecule has 0 saturated heterocycles. The highest BCUT2D eigenvalue weighted by atomic mass is 32.2. The van der Waals surface area contributed by atoms with Crippen molar-refractivity contribution in [3.05, 3.63) is 29.8 Å². The number of nitrogen functional groups attached to an aromatic ring is 1. The lowest BCUT2D eigenvalue weighted by Crippen LogP contribution is -2.38. The van der Waals surface area contributed by atoms with Gasteiger partial charge in [-0.25, -0.2) is 13.1 Å². The van der Waals surface area contributed by atoms with Crippen LogP contribution in [0.4, 0.5) is 5.69 Å². The van der Waals surface area contributed by atoms with Gasteiger partial charge in [0.1, 0.15) is 0 Å². The van der Waals surface area contributed by atoms with Gasteiger partial charge in [-0.15, -0.1) is 0 Å². The van der Waals surface area contributed by atoms with Gasteiger partial charge >= 0.3 is 0 Å². The quantitative estimate of drug-likeness (QED) is 0.793. The molecular weight excluding hydrogens is 284 g/mol. The van der Waals surface area contributed by atoms with E-state index in [1.54, 1.807) is 24.3 Å². The summed E-state index contributed by atoms with van der Waals surface area (Å²) in [5, 5.41) is 0. The standard InChI is InChI=1S/C16H26N2O2S/c1-2-3-13-6-10-16(11-7-13)18-21(19,20)12-14-4-8-15(17)9-5-14/h4-5,8-9,13,16,18H,2-3,6-7,10-12,17H2,1H3. The van der Waals surface area contributed by atoms with Crippen LogP contribution in [0.5, 0.6) is 0 Å². The van der Waals surface area contributed by atoms with E-state index in [1.807, 2.05) is 0 Å². The minimum atomic E-state index is -3.27. The lowest BCUT2D eigenvalue weighted by molar-refractivity contribution is 0.297. The van der Waals surface area contributed by atoms with E-state index in [0.717, 1.165) is 37.2 Å². The number of sulfonamides is 1. The lowest BCUT2D eigenvalue weighted by Gasteiger charge is -2.28. The Morgan fingerprint density at radius 1 is 1.14 bits per heavy atom. The van der Waals surface area contributed by atoms with Crippen molar-refractivity contribution in [3.63, 3.8) is 0 Å². The molecule has 4 nitrogen and oxygen atoms in total. The predicted molar refractivity (Wildman–Crippen MR) is 87.3 cm³/mol. The summed E-state index contributed by atoms with van der Waals surface area (Å²) in [6, 6.07) is 7.12. The van der Waals surface area contributed by atoms with Crippen molar-refractivity contribution in [2.75, 3.05) is 5.73 Å². The second kappa shape index (κ2) is 7.27. The predicted octanol–water partition coefficient (Wildman–Crippen LogP) is 3.05. The van der Waals surface area contributed by atoms with Gasteiger partial charge in [0.15, 0.2) is 0 Å². The van der Waals surface area contributed by atoms with Crippen molar-refractivity contribution in [1.29, 1.82) is 0 Å². The van der Waals surface area contributed by atoms with Crippen molar-refractivity contribution in [3.8, 4) is 0 Å². The largest absolute Gasteiger partial charge is 0.399 e. The Kier molecular flexibility index (Phi) is 5.65. The van der Waals surface area contributed by atoms with Crippen molar-refractivity contribution < 1.29 is 8.42 Å². The van der Waals surface area contributed by atoms with Crippen LogP contribution in [0.2, 0.25) is 0 Å². The molecule has 0 aliphatic heterocycles. The number of nitrogens with one attached hydrogen (secondary N) is 1. The fraction of sp³-hybridized carbons (Fsp3) is 0.625. The van der Waals surface area contributed by atoms with Crippen LogP contribution in [0, 0.1) is 5.92 Å². The Labute approximate surface area is 128 Å². The molecule has 1 aliphatic carbocycles. The highest BCUT2D eigenvalue weighted by molar-refractivity contribution is 7.88. The number of rotatable bonds is 6. The molecule has 1 aromatic carbocycles. The first-order valence-corrected chi connectivity index (χ1v) is 9.48. The van der Waals surface area contributed by atoms with Crippen molar-refractivity contribution in [2.24, 2.45) is 5.92 Å². The topological polar surface area (TPSA) is 72.2 Å². The number of nitrogens with two attached hydrogens (primary N) is 1. The Morgan fingerprint density at radius 2 is 1.76 bits per heavy atom. The zero-order valence-corrected chi connectivity index (χ0v) is 13.5. The lowest BCUT2D eigenvalue weighted by atomic mass is 9.84. The molecule has 21 heavy (non-hydrogen) atoms. The van der Waals surface area contributed by atoms with Crippen molar-refractivity contribution in [1.82, 2.24) is 4.72 Å². The van der Waals surface area contributed by atoms with Gasteiger partial charge in [0.2, 0.25) is 10.0 Å². The SMILES string of the molecule is CCCC1CCC(NS(=O)(=O)Cc2ccc(N)cc2)CC1. The minimum Gasteiger partial charge on any atom is -0.399 e. The zero-order valence-electron chi connectivity index (χ0n) is 12.7. The molecule has 0 bridgehead atoms. The summed E-state index contributed by atoms with van der Waals surface area (Å²) in [5.74, 6) is 0.815. The molecule has 0 radical (unpaired) electrons. The second-order valence-electron chi connectivity index (χ2n) is 6.12. The Balaban J connectivity index is 1.85. The van der Waals surface area contributed by atoms with E-state index in [0.29, 0.717) is 5.69 Å². The summed E-state index contributed by atoms with van der Waals surface area (Å²) >= 11 is 0. The van der Waals surface area contributed by atoms with Gasteiger partial charge < -0.3 is 5.73 Å². The van der Waals surface area contributed by atoms with Crippen LogP contribution in [0.3, 0.4) is 0 Å². The summed E-state index contributed by atoms with van der Waals surface area (Å²) in [4.78, 5) is 0. The van der Waals surface area contributed by atoms with E-state index in [9.17, 15) is 8.42 Å². The first kappa shape index (κ1) is 16.3. The molecule has 5 heteroatoms. The third kappa shape index (κ3) is 5.32. The molecular formula is C16H26N2O2S. The zero-order chi connectivity index (χ0) is 15.3. The first-order chi connectivity index (χ1) is 9.98. The molecule has 0 heterocycles. The van der Waals surface area contributed by atoms with E-state index in [2.05, 4.69) is 11.6 Å². The van der Waals surface area contributed by atoms with Crippen molar-refractivity contribution in [2.45, 2.75) is 57.2 Å². The van der Waals surface area contributed by atoms with Crippen molar-refractivity contribution >= 4 is 15.7 Å². The molecule has 0 spiro atoms. The van der Waals surface area contributed by atoms with Crippen LogP contribution < -0.4 is 10.5 Å². The maximum atomic E-state index is 12.2. The highest BCUT2D eigenvalue weighted by Gasteiger charge is 2.24. The Morgan fingerprint density at radius 3 is 2.33 bits per heavy atom. The molecule has 0 unspecified atom stereocenters. The molecule has 0 amide bonds. The monoisotopic (exact) mass is 310 g/mol. The Hall–Kier alpha value is -1.07. The summed E-state index contributed by atoms with van der Waals surface area (Å²) in [6.45, 7) is 2.21. The fourth-order valence-electron chi connectivity index (χ4n) is 3.11. The van der Waals surface area contributed by atoms with Crippen LogP contribution in [0.25, 0.3) is 0 Å². The Bertz CT molecular complexity index is 532. The van der Waals surface area contributed by atoms with Crippen LogP contribution >= 0.6 is 0 Å². The van der Waals surface area contributed by atoms with Crippen LogP contribution in [-0.4, -0.2) is 14.5 Å². The average Bonchev–Trinajstić information content (AvgIpc) is 2.43. The molecule has 1 saturated carbocycles. The maximum Gasteiger partial charge on any atom is 0.216 e. The number of hydrogen-bond donors (Lipinski definition) is 2. The number of benzene rings is 1. The van der Waals surface area contributed by atoms with Crippen LogP contribution in [0.15, 0.2) is 24.3 Å². The molecule has 2 rings (SSSR count). The summed E-state index contributed by atoms with van der Waals surface area (Å²) in [7, 11) is -3.27. The summed E-state index contributed by atoms with van der Waals surface area (Å²) < 4.78 is 27.3. The van der Waals surface area contributed by atoms with E-state index >= 15 is 0 Å². The summed E-state index contributed by atoms with van der Waals surface area (Å²) in [5.41, 5.74) is 7.04. The van der Waals surface area contributed by atoms with Gasteiger partial charge in [-0.3, -0.25) is 0 Å². The van der Waals surface area contributed by atoms with Gasteiger partial charge in [-0.1, -0.05) is 31.9 Å². The van der Waals surface area contributed by atoms with E-state index < -0.39 is 10.0 Å².